The van der Waals surface area contributed by atoms with Crippen LogP contribution in [-0.4, -0.2) is 19.0 Å². The lowest BCUT2D eigenvalue weighted by atomic mass is 9.76. The van der Waals surface area contributed by atoms with E-state index in [0.29, 0.717) is 11.5 Å². The number of carbonyl (C=O) groups is 2. The van der Waals surface area contributed by atoms with Gasteiger partial charge in [-0.2, -0.15) is 0 Å². The van der Waals surface area contributed by atoms with Crippen molar-refractivity contribution in [2.24, 2.45) is 5.92 Å². The number of carbonyl (C=O) groups excluding carboxylic acids is 2. The molecule has 0 fully saturated rings. The van der Waals surface area contributed by atoms with Gasteiger partial charge in [-0.25, -0.2) is 4.79 Å². The number of nitrogens with one attached hydrogen (secondary N) is 1. The van der Waals surface area contributed by atoms with Crippen LogP contribution in [0.4, 0.5) is 5.69 Å². The lowest BCUT2D eigenvalue weighted by Crippen LogP contribution is -2.30. The van der Waals surface area contributed by atoms with Gasteiger partial charge in [0.15, 0.2) is 0 Å². The second kappa shape index (κ2) is 6.33. The van der Waals surface area contributed by atoms with E-state index in [1.54, 1.807) is 30.3 Å². The fourth-order valence-electron chi connectivity index (χ4n) is 4.00. The summed E-state index contributed by atoms with van der Waals surface area (Å²) in [5.74, 6) is -1.06. The minimum atomic E-state index is -1.16. The summed E-state index contributed by atoms with van der Waals surface area (Å²) in [5, 5.41) is 14.7. The van der Waals surface area contributed by atoms with Crippen LogP contribution < -0.4 is 10.4 Å². The zero-order valence-corrected chi connectivity index (χ0v) is 14.3. The number of carboxylic acid groups (broad SMARTS) is 1. The Hall–Kier alpha value is -3.08. The molecule has 132 valence electrons. The SMILES string of the molecule is COC(=O)c1ccc([C@@H]2Nc3ccc(C(=O)[O-])cc3[C@@H]3C=CC[C@H]32)cc1. The zero-order chi connectivity index (χ0) is 18.3. The summed E-state index contributed by atoms with van der Waals surface area (Å²) in [4.78, 5) is 22.8. The van der Waals surface area contributed by atoms with E-state index in [4.69, 9.17) is 4.74 Å². The molecule has 0 amide bonds. The van der Waals surface area contributed by atoms with Crippen LogP contribution in [0.1, 0.15) is 50.2 Å². The molecule has 0 bridgehead atoms. The van der Waals surface area contributed by atoms with Gasteiger partial charge in [-0.15, -0.1) is 0 Å². The second-order valence-electron chi connectivity index (χ2n) is 6.68. The number of aromatic carboxylic acids is 1. The first-order valence-electron chi connectivity index (χ1n) is 8.55. The van der Waals surface area contributed by atoms with Gasteiger partial charge in [-0.3, -0.25) is 0 Å². The van der Waals surface area contributed by atoms with Crippen LogP contribution in [0.3, 0.4) is 0 Å². The van der Waals surface area contributed by atoms with Crippen LogP contribution in [0.5, 0.6) is 0 Å². The molecule has 1 heterocycles. The molecule has 5 nitrogen and oxygen atoms in total. The van der Waals surface area contributed by atoms with Gasteiger partial charge in [0.2, 0.25) is 0 Å². The van der Waals surface area contributed by atoms with Gasteiger partial charge in [-0.05, 0) is 53.3 Å². The van der Waals surface area contributed by atoms with Crippen LogP contribution in [0.15, 0.2) is 54.6 Å². The van der Waals surface area contributed by atoms with Crippen molar-refractivity contribution in [3.05, 3.63) is 76.9 Å². The largest absolute Gasteiger partial charge is 0.545 e. The molecule has 3 atom stereocenters. The third kappa shape index (κ3) is 2.65. The number of methoxy groups -OCH3 is 1. The number of allylic oxidation sites excluding steroid dienone is 2. The summed E-state index contributed by atoms with van der Waals surface area (Å²) in [5.41, 5.74) is 3.74. The number of rotatable bonds is 3. The highest BCUT2D eigenvalue weighted by atomic mass is 16.5. The van der Waals surface area contributed by atoms with E-state index in [0.717, 1.165) is 23.2 Å². The summed E-state index contributed by atoms with van der Waals surface area (Å²) < 4.78 is 4.75. The molecule has 2 aromatic rings. The maximum Gasteiger partial charge on any atom is 0.337 e. The Balaban J connectivity index is 1.69. The quantitative estimate of drug-likeness (QED) is 0.681. The lowest BCUT2D eigenvalue weighted by molar-refractivity contribution is -0.255. The minimum absolute atomic E-state index is 0.0861. The Morgan fingerprint density at radius 3 is 2.54 bits per heavy atom. The number of ether oxygens (including phenoxy) is 1. The summed E-state index contributed by atoms with van der Waals surface area (Å²) >= 11 is 0. The van der Waals surface area contributed by atoms with Crippen LogP contribution in [-0.2, 0) is 4.74 Å². The van der Waals surface area contributed by atoms with Crippen LogP contribution in [0.25, 0.3) is 0 Å². The van der Waals surface area contributed by atoms with Gasteiger partial charge in [0.05, 0.1) is 24.7 Å². The predicted octanol–water partition coefficient (Wildman–Crippen LogP) is 2.66. The molecule has 0 spiro atoms. The molecule has 4 rings (SSSR count). The number of benzene rings is 2. The molecule has 1 aliphatic carbocycles. The average Bonchev–Trinajstić information content (AvgIpc) is 3.16. The number of hydrogen-bond acceptors (Lipinski definition) is 5. The molecule has 0 unspecified atom stereocenters. The molecule has 2 aromatic carbocycles. The molecule has 5 heteroatoms. The van der Waals surface area contributed by atoms with Gasteiger partial charge < -0.3 is 20.0 Å². The van der Waals surface area contributed by atoms with E-state index in [9.17, 15) is 14.7 Å². The maximum atomic E-state index is 11.6. The van der Waals surface area contributed by atoms with Crippen molar-refractivity contribution in [2.75, 3.05) is 12.4 Å². The molecule has 0 aromatic heterocycles. The number of esters is 1. The van der Waals surface area contributed by atoms with Gasteiger partial charge in [0.25, 0.3) is 0 Å². The molecule has 2 aliphatic rings. The van der Waals surface area contributed by atoms with Crippen LogP contribution in [0.2, 0.25) is 0 Å². The maximum absolute atomic E-state index is 11.6. The van der Waals surface area contributed by atoms with E-state index in [-0.39, 0.29) is 23.5 Å². The van der Waals surface area contributed by atoms with E-state index in [1.165, 1.54) is 7.11 Å². The van der Waals surface area contributed by atoms with Crippen LogP contribution in [0, 0.1) is 5.92 Å². The lowest BCUT2D eigenvalue weighted by Gasteiger charge is -2.38. The average molecular weight is 348 g/mol. The third-order valence-electron chi connectivity index (χ3n) is 5.29. The fraction of sp³-hybridized carbons (Fsp3) is 0.238. The predicted molar refractivity (Wildman–Crippen MR) is 94.9 cm³/mol. The highest BCUT2D eigenvalue weighted by Gasteiger charge is 2.37. The molecule has 0 radical (unpaired) electrons. The molecule has 0 saturated heterocycles. The van der Waals surface area contributed by atoms with Crippen molar-refractivity contribution >= 4 is 17.6 Å². The van der Waals surface area contributed by atoms with E-state index in [1.807, 2.05) is 12.1 Å². The number of hydrogen-bond donors (Lipinski definition) is 1. The Labute approximate surface area is 151 Å². The van der Waals surface area contributed by atoms with Crippen LogP contribution >= 0.6 is 0 Å². The normalized spacial score (nSPS) is 22.9. The number of carboxylic acids is 1. The number of fused-ring (bicyclic) bond motifs is 3. The molecular formula is C21H18NO4-. The van der Waals surface area contributed by atoms with E-state index >= 15 is 0 Å². The fourth-order valence-corrected chi connectivity index (χ4v) is 4.00. The summed E-state index contributed by atoms with van der Waals surface area (Å²) in [6.45, 7) is 0. The summed E-state index contributed by atoms with van der Waals surface area (Å²) in [6, 6.07) is 12.6. The minimum Gasteiger partial charge on any atom is -0.545 e. The van der Waals surface area contributed by atoms with E-state index < -0.39 is 5.97 Å². The molecule has 1 aliphatic heterocycles. The van der Waals surface area contributed by atoms with Crippen molar-refractivity contribution in [1.29, 1.82) is 0 Å². The Kier molecular flexibility index (Phi) is 3.99. The van der Waals surface area contributed by atoms with Gasteiger partial charge in [0, 0.05) is 11.6 Å². The third-order valence-corrected chi connectivity index (χ3v) is 5.29. The van der Waals surface area contributed by atoms with Crippen molar-refractivity contribution in [1.82, 2.24) is 0 Å². The Morgan fingerprint density at radius 2 is 1.85 bits per heavy atom. The van der Waals surface area contributed by atoms with Gasteiger partial charge in [-0.1, -0.05) is 30.4 Å². The molecular weight excluding hydrogens is 330 g/mol. The summed E-state index contributed by atoms with van der Waals surface area (Å²) in [6.07, 6.45) is 5.21. The monoisotopic (exact) mass is 348 g/mol. The Bertz CT molecular complexity index is 901. The van der Waals surface area contributed by atoms with Crippen molar-refractivity contribution in [3.63, 3.8) is 0 Å². The first kappa shape index (κ1) is 16.4. The highest BCUT2D eigenvalue weighted by Crippen LogP contribution is 2.49. The van der Waals surface area contributed by atoms with Gasteiger partial charge in [0.1, 0.15) is 0 Å². The summed E-state index contributed by atoms with van der Waals surface area (Å²) in [7, 11) is 1.37. The zero-order valence-electron chi connectivity index (χ0n) is 14.3. The van der Waals surface area contributed by atoms with Crippen molar-refractivity contribution < 1.29 is 19.4 Å². The van der Waals surface area contributed by atoms with Crippen molar-refractivity contribution in [3.8, 4) is 0 Å². The number of anilines is 1. The smallest absolute Gasteiger partial charge is 0.337 e. The van der Waals surface area contributed by atoms with E-state index in [2.05, 4.69) is 17.5 Å². The van der Waals surface area contributed by atoms with Gasteiger partial charge >= 0.3 is 5.97 Å². The molecule has 26 heavy (non-hydrogen) atoms. The standard InChI is InChI=1S/C21H19NO4/c1-26-21(25)13-7-5-12(6-8-13)19-16-4-2-3-15(16)17-11-14(20(23)24)9-10-18(17)22-19/h2-3,5-11,15-16,19,22H,4H2,1H3,(H,23,24)/p-1/t15-,16-,19+/m1/s1. The van der Waals surface area contributed by atoms with Crippen molar-refractivity contribution in [2.45, 2.75) is 18.4 Å². The second-order valence-corrected chi connectivity index (χ2v) is 6.68. The molecule has 0 saturated carbocycles. The first-order chi connectivity index (χ1) is 12.6. The Morgan fingerprint density at radius 1 is 1.12 bits per heavy atom. The highest BCUT2D eigenvalue weighted by molar-refractivity contribution is 5.89. The first-order valence-corrected chi connectivity index (χ1v) is 8.55. The topological polar surface area (TPSA) is 78.5 Å². The molecule has 1 N–H and O–H groups in total.